The quantitative estimate of drug-likeness (QED) is 0.297. The molecule has 1 fully saturated rings. The maximum Gasteiger partial charge on any atom is 0.295 e. The van der Waals surface area contributed by atoms with E-state index in [0.717, 1.165) is 5.56 Å². The van der Waals surface area contributed by atoms with E-state index >= 15 is 0 Å². The minimum absolute atomic E-state index is 0.0890. The Morgan fingerprint density at radius 1 is 1.13 bits per heavy atom. The fourth-order valence-corrected chi connectivity index (χ4v) is 3.69. The molecule has 1 amide bonds. The fraction of sp³-hybridized carbons (Fsp3) is 0.360. The summed E-state index contributed by atoms with van der Waals surface area (Å²) in [6, 6.07) is 13.7. The molecule has 1 heterocycles. The first-order valence-electron chi connectivity index (χ1n) is 10.4. The van der Waals surface area contributed by atoms with Crippen molar-refractivity contribution < 1.29 is 24.2 Å². The summed E-state index contributed by atoms with van der Waals surface area (Å²) < 4.78 is 10.9. The first kappa shape index (κ1) is 22.6. The molecule has 1 aliphatic rings. The van der Waals surface area contributed by atoms with Crippen molar-refractivity contribution >= 4 is 17.4 Å². The lowest BCUT2D eigenvalue weighted by molar-refractivity contribution is -0.140. The zero-order valence-corrected chi connectivity index (χ0v) is 18.4. The lowest BCUT2D eigenvalue weighted by Crippen LogP contribution is -2.31. The molecule has 0 radical (unpaired) electrons. The molecule has 1 unspecified atom stereocenters. The van der Waals surface area contributed by atoms with Crippen LogP contribution in [0.25, 0.3) is 5.76 Å². The summed E-state index contributed by atoms with van der Waals surface area (Å²) in [5, 5.41) is 11.0. The minimum Gasteiger partial charge on any atom is -0.507 e. The van der Waals surface area contributed by atoms with Gasteiger partial charge in [-0.1, -0.05) is 42.0 Å². The van der Waals surface area contributed by atoms with Gasteiger partial charge in [0.1, 0.15) is 11.5 Å². The largest absolute Gasteiger partial charge is 0.507 e. The number of methoxy groups -OCH3 is 1. The number of benzene rings is 2. The van der Waals surface area contributed by atoms with Gasteiger partial charge in [0.05, 0.1) is 24.8 Å². The molecular formula is C25H29NO5. The highest BCUT2D eigenvalue weighted by Crippen LogP contribution is 2.40. The van der Waals surface area contributed by atoms with Gasteiger partial charge in [0.2, 0.25) is 0 Å². The van der Waals surface area contributed by atoms with Crippen LogP contribution in [-0.4, -0.2) is 48.1 Å². The van der Waals surface area contributed by atoms with Crippen LogP contribution in [0.4, 0.5) is 0 Å². The molecule has 1 atom stereocenters. The fourth-order valence-electron chi connectivity index (χ4n) is 3.69. The number of ether oxygens (including phenoxy) is 2. The first-order chi connectivity index (χ1) is 14.8. The Morgan fingerprint density at radius 3 is 2.48 bits per heavy atom. The number of carbonyl (C=O) groups excluding carboxylic acids is 2. The number of hydrogen-bond acceptors (Lipinski definition) is 5. The Labute approximate surface area is 183 Å². The number of aliphatic hydroxyl groups excluding tert-OH is 1. The zero-order valence-electron chi connectivity index (χ0n) is 18.4. The summed E-state index contributed by atoms with van der Waals surface area (Å²) in [6.07, 6.45) is 0.669. The normalized spacial score (nSPS) is 18.1. The van der Waals surface area contributed by atoms with Crippen LogP contribution in [0.15, 0.2) is 54.1 Å². The predicted octanol–water partition coefficient (Wildman–Crippen LogP) is 4.24. The number of aryl methyl sites for hydroxylation is 1. The topological polar surface area (TPSA) is 76.1 Å². The molecule has 2 aromatic rings. The number of amides is 1. The van der Waals surface area contributed by atoms with E-state index in [2.05, 4.69) is 0 Å². The van der Waals surface area contributed by atoms with Gasteiger partial charge >= 0.3 is 0 Å². The van der Waals surface area contributed by atoms with Crippen molar-refractivity contribution in [1.29, 1.82) is 0 Å². The molecule has 1 aliphatic heterocycles. The van der Waals surface area contributed by atoms with Crippen molar-refractivity contribution in [1.82, 2.24) is 4.90 Å². The third kappa shape index (κ3) is 4.97. The monoisotopic (exact) mass is 423 g/mol. The summed E-state index contributed by atoms with van der Waals surface area (Å²) in [5.74, 6) is -0.865. The highest BCUT2D eigenvalue weighted by molar-refractivity contribution is 6.46. The van der Waals surface area contributed by atoms with Crippen LogP contribution < -0.4 is 4.74 Å². The average molecular weight is 424 g/mol. The van der Waals surface area contributed by atoms with E-state index in [9.17, 15) is 14.7 Å². The Morgan fingerprint density at radius 2 is 1.84 bits per heavy atom. The SMILES string of the molecule is COc1cccc(C2/C(=C(/O)c3ccc(C)cc3)C(=O)C(=O)N2CCCOC(C)C)c1. The summed E-state index contributed by atoms with van der Waals surface area (Å²) in [4.78, 5) is 27.5. The number of ketones is 1. The number of rotatable bonds is 8. The maximum atomic E-state index is 13.0. The molecule has 0 aromatic heterocycles. The van der Waals surface area contributed by atoms with Gasteiger partial charge in [-0.25, -0.2) is 0 Å². The van der Waals surface area contributed by atoms with E-state index in [4.69, 9.17) is 9.47 Å². The maximum absolute atomic E-state index is 13.0. The Balaban J connectivity index is 2.04. The van der Waals surface area contributed by atoms with Crippen molar-refractivity contribution in [2.24, 2.45) is 0 Å². The van der Waals surface area contributed by atoms with Crippen LogP contribution in [0, 0.1) is 6.92 Å². The molecule has 0 saturated carbocycles. The third-order valence-electron chi connectivity index (χ3n) is 5.27. The van der Waals surface area contributed by atoms with E-state index in [0.29, 0.717) is 36.4 Å². The molecule has 164 valence electrons. The number of aliphatic hydroxyl groups is 1. The van der Waals surface area contributed by atoms with Gasteiger partial charge in [0, 0.05) is 18.7 Å². The Bertz CT molecular complexity index is 978. The lowest BCUT2D eigenvalue weighted by atomic mass is 9.95. The molecule has 2 aromatic carbocycles. The van der Waals surface area contributed by atoms with Crippen LogP contribution in [0.1, 0.15) is 43.0 Å². The van der Waals surface area contributed by atoms with E-state index in [1.54, 1.807) is 31.4 Å². The number of likely N-dealkylation sites (tertiary alicyclic amines) is 1. The van der Waals surface area contributed by atoms with E-state index in [1.807, 2.05) is 45.0 Å². The molecule has 1 saturated heterocycles. The molecule has 3 rings (SSSR count). The zero-order chi connectivity index (χ0) is 22.5. The molecule has 0 aliphatic carbocycles. The summed E-state index contributed by atoms with van der Waals surface area (Å²) in [5.41, 5.74) is 2.33. The molecule has 1 N–H and O–H groups in total. The smallest absolute Gasteiger partial charge is 0.295 e. The molecule has 6 nitrogen and oxygen atoms in total. The van der Waals surface area contributed by atoms with E-state index in [1.165, 1.54) is 4.90 Å². The minimum atomic E-state index is -0.699. The Kier molecular flexibility index (Phi) is 7.13. The molecule has 0 bridgehead atoms. The van der Waals surface area contributed by atoms with Crippen molar-refractivity contribution in [3.63, 3.8) is 0 Å². The van der Waals surface area contributed by atoms with Crippen molar-refractivity contribution in [2.45, 2.75) is 39.3 Å². The van der Waals surface area contributed by atoms with Gasteiger partial charge in [0.25, 0.3) is 11.7 Å². The number of hydrogen-bond donors (Lipinski definition) is 1. The van der Waals surface area contributed by atoms with Crippen LogP contribution >= 0.6 is 0 Å². The summed E-state index contributed by atoms with van der Waals surface area (Å²) >= 11 is 0. The average Bonchev–Trinajstić information content (AvgIpc) is 3.01. The second-order valence-corrected chi connectivity index (χ2v) is 7.91. The van der Waals surface area contributed by atoms with Gasteiger partial charge in [-0.2, -0.15) is 0 Å². The molecule has 31 heavy (non-hydrogen) atoms. The molecule has 0 spiro atoms. The van der Waals surface area contributed by atoms with Crippen LogP contribution in [0.2, 0.25) is 0 Å². The first-order valence-corrected chi connectivity index (χ1v) is 10.4. The van der Waals surface area contributed by atoms with E-state index in [-0.39, 0.29) is 17.4 Å². The summed E-state index contributed by atoms with van der Waals surface area (Å²) in [7, 11) is 1.56. The second kappa shape index (κ2) is 9.79. The number of nitrogens with zero attached hydrogens (tertiary/aromatic N) is 1. The van der Waals surface area contributed by atoms with Crippen molar-refractivity contribution in [3.05, 3.63) is 70.8 Å². The van der Waals surface area contributed by atoms with Gasteiger partial charge < -0.3 is 19.5 Å². The number of Topliss-reactive ketones (excluding diaryl/α,β-unsaturated/α-hetero) is 1. The van der Waals surface area contributed by atoms with Gasteiger partial charge in [-0.15, -0.1) is 0 Å². The van der Waals surface area contributed by atoms with Crippen LogP contribution in [-0.2, 0) is 14.3 Å². The second-order valence-electron chi connectivity index (χ2n) is 7.91. The highest BCUT2D eigenvalue weighted by atomic mass is 16.5. The number of carbonyl (C=O) groups is 2. The Hall–Kier alpha value is -3.12. The van der Waals surface area contributed by atoms with E-state index < -0.39 is 17.7 Å². The van der Waals surface area contributed by atoms with Crippen molar-refractivity contribution in [3.8, 4) is 5.75 Å². The summed E-state index contributed by atoms with van der Waals surface area (Å²) in [6.45, 7) is 6.65. The van der Waals surface area contributed by atoms with Gasteiger partial charge in [-0.3, -0.25) is 9.59 Å². The van der Waals surface area contributed by atoms with Crippen molar-refractivity contribution in [2.75, 3.05) is 20.3 Å². The molecular weight excluding hydrogens is 394 g/mol. The highest BCUT2D eigenvalue weighted by Gasteiger charge is 2.45. The standard InChI is InChI=1S/C25H29NO5/c1-16(2)31-14-6-13-26-22(19-7-5-8-20(15-19)30-4)21(24(28)25(26)29)23(27)18-11-9-17(3)10-12-18/h5,7-12,15-16,22,27H,6,13-14H2,1-4H3/b23-21-. The van der Waals surface area contributed by atoms with Crippen LogP contribution in [0.5, 0.6) is 5.75 Å². The predicted molar refractivity (Wildman–Crippen MR) is 119 cm³/mol. The van der Waals surface area contributed by atoms with Gasteiger partial charge in [-0.05, 0) is 44.9 Å². The third-order valence-corrected chi connectivity index (χ3v) is 5.27. The lowest BCUT2D eigenvalue weighted by Gasteiger charge is -2.25. The van der Waals surface area contributed by atoms with Crippen LogP contribution in [0.3, 0.4) is 0 Å². The van der Waals surface area contributed by atoms with Gasteiger partial charge in [0.15, 0.2) is 0 Å². The molecule has 6 heteroatoms.